The molecule has 4 nitrogen and oxygen atoms in total. The lowest BCUT2D eigenvalue weighted by Crippen LogP contribution is -2.48. The highest BCUT2D eigenvalue weighted by Crippen LogP contribution is 2.18. The van der Waals surface area contributed by atoms with Crippen molar-refractivity contribution in [3.8, 4) is 0 Å². The topological polar surface area (TPSA) is 36.4 Å². The molecule has 1 fully saturated rings. The van der Waals surface area contributed by atoms with Crippen LogP contribution in [-0.4, -0.2) is 42.0 Å². The van der Waals surface area contributed by atoms with Crippen molar-refractivity contribution in [3.63, 3.8) is 0 Å². The largest absolute Gasteiger partial charge is 0.368 e. The highest BCUT2D eigenvalue weighted by molar-refractivity contribution is 9.10. The molecule has 0 spiro atoms. The highest BCUT2D eigenvalue weighted by Gasteiger charge is 2.19. The Labute approximate surface area is 148 Å². The van der Waals surface area contributed by atoms with Crippen molar-refractivity contribution in [2.75, 3.05) is 31.1 Å². The van der Waals surface area contributed by atoms with Crippen molar-refractivity contribution in [1.29, 1.82) is 0 Å². The molecular weight excluding hydrogens is 373 g/mol. The average molecular weight is 390 g/mol. The van der Waals surface area contributed by atoms with Gasteiger partial charge in [-0.2, -0.15) is 0 Å². The second kappa shape index (κ2) is 7.57. The van der Waals surface area contributed by atoms with Gasteiger partial charge in [-0.05, 0) is 36.4 Å². The molecule has 2 aromatic rings. The first-order chi connectivity index (χ1) is 11.6. The SMILES string of the molecule is O=C(/C=C/c1cc(Br)ccc1F)N1CCN(c2ccncc2)CC1. The number of pyridine rings is 1. The summed E-state index contributed by atoms with van der Waals surface area (Å²) < 4.78 is 14.5. The first-order valence-electron chi connectivity index (χ1n) is 7.70. The van der Waals surface area contributed by atoms with Crippen LogP contribution in [0.1, 0.15) is 5.56 Å². The number of amides is 1. The fourth-order valence-electron chi connectivity index (χ4n) is 2.65. The molecule has 3 rings (SSSR count). The number of hydrogen-bond acceptors (Lipinski definition) is 3. The normalized spacial score (nSPS) is 15.1. The van der Waals surface area contributed by atoms with Gasteiger partial charge >= 0.3 is 0 Å². The molecule has 2 heterocycles. The van der Waals surface area contributed by atoms with Gasteiger partial charge in [0.05, 0.1) is 0 Å². The number of carbonyl (C=O) groups is 1. The number of benzene rings is 1. The Morgan fingerprint density at radius 2 is 1.83 bits per heavy atom. The predicted octanol–water partition coefficient (Wildman–Crippen LogP) is 3.35. The maximum Gasteiger partial charge on any atom is 0.246 e. The summed E-state index contributed by atoms with van der Waals surface area (Å²) in [6.45, 7) is 2.84. The van der Waals surface area contributed by atoms with Gasteiger partial charge in [0.1, 0.15) is 5.82 Å². The van der Waals surface area contributed by atoms with Crippen LogP contribution < -0.4 is 4.90 Å². The van der Waals surface area contributed by atoms with Crippen molar-refractivity contribution in [3.05, 3.63) is 64.7 Å². The van der Waals surface area contributed by atoms with Crippen molar-refractivity contribution < 1.29 is 9.18 Å². The van der Waals surface area contributed by atoms with Gasteiger partial charge in [-0.1, -0.05) is 15.9 Å². The molecule has 24 heavy (non-hydrogen) atoms. The Kier molecular flexibility index (Phi) is 5.25. The molecule has 1 saturated heterocycles. The standard InChI is InChI=1S/C18H17BrFN3O/c19-15-2-3-17(20)14(13-15)1-4-18(24)23-11-9-22(10-12-23)16-5-7-21-8-6-16/h1-8,13H,9-12H2/b4-1+. The van der Waals surface area contributed by atoms with Gasteiger partial charge in [0.15, 0.2) is 0 Å². The molecule has 1 aliphatic heterocycles. The predicted molar refractivity (Wildman–Crippen MR) is 96.2 cm³/mol. The van der Waals surface area contributed by atoms with Crippen LogP contribution in [0.15, 0.2) is 53.3 Å². The van der Waals surface area contributed by atoms with E-state index in [1.165, 1.54) is 18.2 Å². The fourth-order valence-corrected chi connectivity index (χ4v) is 3.03. The van der Waals surface area contributed by atoms with Gasteiger partial charge in [-0.3, -0.25) is 9.78 Å². The molecule has 0 N–H and O–H groups in total. The van der Waals surface area contributed by atoms with E-state index >= 15 is 0 Å². The summed E-state index contributed by atoms with van der Waals surface area (Å²) in [6, 6.07) is 8.59. The van der Waals surface area contributed by atoms with Crippen molar-refractivity contribution in [2.45, 2.75) is 0 Å². The number of piperazine rings is 1. The summed E-state index contributed by atoms with van der Waals surface area (Å²) >= 11 is 3.30. The van der Waals surface area contributed by atoms with E-state index in [0.717, 1.165) is 23.2 Å². The highest BCUT2D eigenvalue weighted by atomic mass is 79.9. The van der Waals surface area contributed by atoms with E-state index in [0.29, 0.717) is 18.7 Å². The summed E-state index contributed by atoms with van der Waals surface area (Å²) in [5.41, 5.74) is 1.51. The van der Waals surface area contributed by atoms with Crippen molar-refractivity contribution in [2.24, 2.45) is 0 Å². The van der Waals surface area contributed by atoms with Crippen LogP contribution in [0.25, 0.3) is 6.08 Å². The zero-order valence-corrected chi connectivity index (χ0v) is 14.6. The number of anilines is 1. The molecule has 0 unspecified atom stereocenters. The third kappa shape index (κ3) is 4.00. The third-order valence-corrected chi connectivity index (χ3v) is 4.48. The molecule has 1 aromatic heterocycles. The second-order valence-electron chi connectivity index (χ2n) is 5.52. The molecule has 1 aliphatic rings. The van der Waals surface area contributed by atoms with Crippen LogP contribution in [0.2, 0.25) is 0 Å². The first-order valence-corrected chi connectivity index (χ1v) is 8.50. The number of rotatable bonds is 3. The van der Waals surface area contributed by atoms with E-state index in [9.17, 15) is 9.18 Å². The van der Waals surface area contributed by atoms with Gasteiger partial charge in [0.25, 0.3) is 0 Å². The maximum absolute atomic E-state index is 13.7. The molecule has 6 heteroatoms. The van der Waals surface area contributed by atoms with Crippen molar-refractivity contribution >= 4 is 33.6 Å². The molecule has 0 aliphatic carbocycles. The quantitative estimate of drug-likeness (QED) is 0.755. The van der Waals surface area contributed by atoms with Crippen LogP contribution in [0.5, 0.6) is 0 Å². The van der Waals surface area contributed by atoms with Gasteiger partial charge in [-0.25, -0.2) is 4.39 Å². The van der Waals surface area contributed by atoms with Crippen LogP contribution >= 0.6 is 15.9 Å². The second-order valence-corrected chi connectivity index (χ2v) is 6.43. The lowest BCUT2D eigenvalue weighted by molar-refractivity contribution is -0.126. The van der Waals surface area contributed by atoms with E-state index in [1.54, 1.807) is 29.4 Å². The molecule has 0 saturated carbocycles. The lowest BCUT2D eigenvalue weighted by Gasteiger charge is -2.35. The summed E-state index contributed by atoms with van der Waals surface area (Å²) in [4.78, 5) is 20.3. The van der Waals surface area contributed by atoms with Gasteiger partial charge in [0, 0.05) is 60.4 Å². The van der Waals surface area contributed by atoms with E-state index in [-0.39, 0.29) is 11.7 Å². The lowest BCUT2D eigenvalue weighted by atomic mass is 10.2. The van der Waals surface area contributed by atoms with Crippen LogP contribution in [0.3, 0.4) is 0 Å². The molecule has 1 amide bonds. The van der Waals surface area contributed by atoms with Crippen LogP contribution in [0.4, 0.5) is 10.1 Å². The van der Waals surface area contributed by atoms with Gasteiger partial charge < -0.3 is 9.80 Å². The number of aromatic nitrogens is 1. The molecule has 0 atom stereocenters. The molecule has 0 radical (unpaired) electrons. The van der Waals surface area contributed by atoms with Crippen molar-refractivity contribution in [1.82, 2.24) is 9.88 Å². The summed E-state index contributed by atoms with van der Waals surface area (Å²) in [5.74, 6) is -0.437. The maximum atomic E-state index is 13.7. The molecule has 1 aromatic carbocycles. The molecular formula is C18H17BrFN3O. The monoisotopic (exact) mass is 389 g/mol. The summed E-state index contributed by atoms with van der Waals surface area (Å²) in [6.07, 6.45) is 6.49. The fraction of sp³-hybridized carbons (Fsp3) is 0.222. The summed E-state index contributed by atoms with van der Waals surface area (Å²) in [7, 11) is 0. The first kappa shape index (κ1) is 16.6. The number of carbonyl (C=O) groups excluding carboxylic acids is 1. The minimum atomic E-state index is -0.343. The third-order valence-electron chi connectivity index (χ3n) is 3.98. The van der Waals surface area contributed by atoms with Gasteiger partial charge in [0.2, 0.25) is 5.91 Å². The number of nitrogens with zero attached hydrogens (tertiary/aromatic N) is 3. The van der Waals surface area contributed by atoms with E-state index < -0.39 is 0 Å². The summed E-state index contributed by atoms with van der Waals surface area (Å²) in [5, 5.41) is 0. The zero-order chi connectivity index (χ0) is 16.9. The Hall–Kier alpha value is -2.21. The zero-order valence-electron chi connectivity index (χ0n) is 13.0. The van der Waals surface area contributed by atoms with Gasteiger partial charge in [-0.15, -0.1) is 0 Å². The Balaban J connectivity index is 1.59. The van der Waals surface area contributed by atoms with Crippen LogP contribution in [-0.2, 0) is 4.79 Å². The number of hydrogen-bond donors (Lipinski definition) is 0. The molecule has 124 valence electrons. The smallest absolute Gasteiger partial charge is 0.246 e. The minimum Gasteiger partial charge on any atom is -0.368 e. The molecule has 0 bridgehead atoms. The van der Waals surface area contributed by atoms with E-state index in [1.807, 2.05) is 12.1 Å². The Morgan fingerprint density at radius 1 is 1.12 bits per heavy atom. The Morgan fingerprint density at radius 3 is 2.54 bits per heavy atom. The van der Waals surface area contributed by atoms with E-state index in [4.69, 9.17) is 0 Å². The Bertz CT molecular complexity index is 743. The van der Waals surface area contributed by atoms with E-state index in [2.05, 4.69) is 25.8 Å². The average Bonchev–Trinajstić information content (AvgIpc) is 2.63. The number of halogens is 2. The minimum absolute atomic E-state index is 0.0937. The van der Waals surface area contributed by atoms with Crippen LogP contribution in [0, 0.1) is 5.82 Å².